The highest BCUT2D eigenvalue weighted by Crippen LogP contribution is 2.24. The maximum Gasteiger partial charge on any atom is 0.0991 e. The Morgan fingerprint density at radius 1 is 1.28 bits per heavy atom. The Hall–Kier alpha value is -1.66. The summed E-state index contributed by atoms with van der Waals surface area (Å²) in [4.78, 5) is 4.40. The molecule has 1 N–H and O–H groups in total. The fourth-order valence-electron chi connectivity index (χ4n) is 2.34. The molecule has 0 aliphatic heterocycles. The molecular formula is C15H18N2O. The van der Waals surface area contributed by atoms with Crippen molar-refractivity contribution < 1.29 is 5.11 Å². The zero-order valence-corrected chi connectivity index (χ0v) is 10.4. The van der Waals surface area contributed by atoms with Gasteiger partial charge in [0.05, 0.1) is 17.7 Å². The molecule has 94 valence electrons. The Kier molecular flexibility index (Phi) is 4.49. The molecule has 0 saturated heterocycles. The number of nitriles is 1. The van der Waals surface area contributed by atoms with Crippen LogP contribution in [0.25, 0.3) is 0 Å². The van der Waals surface area contributed by atoms with Crippen LogP contribution in [-0.4, -0.2) is 24.0 Å². The average Bonchev–Trinajstić information content (AvgIpc) is 2.42. The Balaban J connectivity index is 1.88. The fraction of sp³-hybridized carbons (Fsp3) is 0.467. The van der Waals surface area contributed by atoms with Crippen molar-refractivity contribution in [3.8, 4) is 6.07 Å². The average molecular weight is 242 g/mol. The summed E-state index contributed by atoms with van der Waals surface area (Å²) in [5, 5.41) is 18.5. The van der Waals surface area contributed by atoms with Gasteiger partial charge in [-0.2, -0.15) is 5.26 Å². The van der Waals surface area contributed by atoms with Gasteiger partial charge in [-0.3, -0.25) is 4.99 Å². The van der Waals surface area contributed by atoms with Crippen molar-refractivity contribution in [1.82, 2.24) is 0 Å². The van der Waals surface area contributed by atoms with Crippen LogP contribution in [0.4, 0.5) is 0 Å². The molecule has 0 amide bonds. The van der Waals surface area contributed by atoms with Gasteiger partial charge in [-0.15, -0.1) is 0 Å². The minimum atomic E-state index is -0.183. The zero-order chi connectivity index (χ0) is 12.8. The van der Waals surface area contributed by atoms with E-state index in [1.54, 1.807) is 12.1 Å². The molecule has 0 bridgehead atoms. The SMILES string of the molecule is N#Cc1ccc(C=NC[C@H]2CCCC[C@@H]2O)cc1. The summed E-state index contributed by atoms with van der Waals surface area (Å²) < 4.78 is 0. The van der Waals surface area contributed by atoms with Crippen molar-refractivity contribution in [3.05, 3.63) is 35.4 Å². The summed E-state index contributed by atoms with van der Waals surface area (Å²) in [7, 11) is 0. The third-order valence-electron chi connectivity index (χ3n) is 3.49. The van der Waals surface area contributed by atoms with Crippen LogP contribution in [0, 0.1) is 17.2 Å². The molecule has 0 unspecified atom stereocenters. The molecule has 1 saturated carbocycles. The van der Waals surface area contributed by atoms with E-state index in [2.05, 4.69) is 11.1 Å². The highest BCUT2D eigenvalue weighted by molar-refractivity contribution is 5.79. The molecule has 0 spiro atoms. The van der Waals surface area contributed by atoms with Crippen LogP contribution in [0.5, 0.6) is 0 Å². The Labute approximate surface area is 108 Å². The highest BCUT2D eigenvalue weighted by atomic mass is 16.3. The van der Waals surface area contributed by atoms with E-state index in [1.807, 2.05) is 18.3 Å². The predicted molar refractivity (Wildman–Crippen MR) is 71.6 cm³/mol. The van der Waals surface area contributed by atoms with Crippen LogP contribution in [0.15, 0.2) is 29.3 Å². The van der Waals surface area contributed by atoms with Crippen molar-refractivity contribution in [1.29, 1.82) is 5.26 Å². The van der Waals surface area contributed by atoms with Gasteiger partial charge in [0.25, 0.3) is 0 Å². The normalized spacial score (nSPS) is 24.0. The largest absolute Gasteiger partial charge is 0.393 e. The molecule has 0 aromatic heterocycles. The molecule has 3 nitrogen and oxygen atoms in total. The molecule has 1 aromatic rings. The molecule has 1 aliphatic rings. The van der Waals surface area contributed by atoms with Crippen LogP contribution in [0.2, 0.25) is 0 Å². The van der Waals surface area contributed by atoms with Gasteiger partial charge < -0.3 is 5.11 Å². The number of benzene rings is 1. The van der Waals surface area contributed by atoms with Crippen LogP contribution in [-0.2, 0) is 0 Å². The number of hydrogen-bond donors (Lipinski definition) is 1. The second-order valence-electron chi connectivity index (χ2n) is 4.84. The zero-order valence-electron chi connectivity index (χ0n) is 10.4. The molecule has 1 fully saturated rings. The van der Waals surface area contributed by atoms with E-state index in [1.165, 1.54) is 6.42 Å². The Morgan fingerprint density at radius 3 is 2.67 bits per heavy atom. The van der Waals surface area contributed by atoms with Gasteiger partial charge in [-0.25, -0.2) is 0 Å². The lowest BCUT2D eigenvalue weighted by Gasteiger charge is -2.25. The van der Waals surface area contributed by atoms with E-state index in [4.69, 9.17) is 5.26 Å². The number of aliphatic hydroxyl groups excluding tert-OH is 1. The van der Waals surface area contributed by atoms with Crippen molar-refractivity contribution in [2.45, 2.75) is 31.8 Å². The van der Waals surface area contributed by atoms with Gasteiger partial charge in [0.2, 0.25) is 0 Å². The maximum absolute atomic E-state index is 9.82. The van der Waals surface area contributed by atoms with Crippen LogP contribution < -0.4 is 0 Å². The number of hydrogen-bond acceptors (Lipinski definition) is 3. The molecule has 18 heavy (non-hydrogen) atoms. The molecule has 1 aliphatic carbocycles. The molecule has 1 aromatic carbocycles. The van der Waals surface area contributed by atoms with E-state index in [0.29, 0.717) is 18.0 Å². The van der Waals surface area contributed by atoms with Gasteiger partial charge in [-0.05, 0) is 30.5 Å². The van der Waals surface area contributed by atoms with Crippen molar-refractivity contribution in [2.24, 2.45) is 10.9 Å². The topological polar surface area (TPSA) is 56.4 Å². The molecule has 0 radical (unpaired) electrons. The summed E-state index contributed by atoms with van der Waals surface area (Å²) in [6.45, 7) is 0.696. The second kappa shape index (κ2) is 6.32. The lowest BCUT2D eigenvalue weighted by atomic mass is 9.87. The molecule has 2 atom stereocenters. The molecule has 3 heteroatoms. The first-order valence-electron chi connectivity index (χ1n) is 6.47. The number of aliphatic imine (C=N–C) groups is 1. The van der Waals surface area contributed by atoms with Gasteiger partial charge in [0.1, 0.15) is 0 Å². The van der Waals surface area contributed by atoms with Crippen LogP contribution in [0.1, 0.15) is 36.8 Å². The minimum absolute atomic E-state index is 0.183. The fourth-order valence-corrected chi connectivity index (χ4v) is 2.34. The van der Waals surface area contributed by atoms with Gasteiger partial charge in [0.15, 0.2) is 0 Å². The van der Waals surface area contributed by atoms with Gasteiger partial charge in [0, 0.05) is 18.7 Å². The first-order chi connectivity index (χ1) is 8.79. The molecular weight excluding hydrogens is 224 g/mol. The molecule has 2 rings (SSSR count). The summed E-state index contributed by atoms with van der Waals surface area (Å²) >= 11 is 0. The first-order valence-corrected chi connectivity index (χ1v) is 6.47. The van der Waals surface area contributed by atoms with E-state index >= 15 is 0 Å². The van der Waals surface area contributed by atoms with E-state index in [9.17, 15) is 5.11 Å². The number of aliphatic hydroxyl groups is 1. The number of nitrogens with zero attached hydrogens (tertiary/aromatic N) is 2. The Morgan fingerprint density at radius 2 is 2.00 bits per heavy atom. The predicted octanol–water partition coefficient (Wildman–Crippen LogP) is 2.53. The third-order valence-corrected chi connectivity index (χ3v) is 3.49. The van der Waals surface area contributed by atoms with Crippen molar-refractivity contribution >= 4 is 6.21 Å². The lowest BCUT2D eigenvalue weighted by Crippen LogP contribution is -2.26. The monoisotopic (exact) mass is 242 g/mol. The summed E-state index contributed by atoms with van der Waals surface area (Å²) in [5.41, 5.74) is 1.66. The van der Waals surface area contributed by atoms with Gasteiger partial charge >= 0.3 is 0 Å². The molecule has 0 heterocycles. The summed E-state index contributed by atoms with van der Waals surface area (Å²) in [6.07, 6.45) is 5.97. The van der Waals surface area contributed by atoms with Crippen molar-refractivity contribution in [2.75, 3.05) is 6.54 Å². The summed E-state index contributed by atoms with van der Waals surface area (Å²) in [5.74, 6) is 0.313. The smallest absolute Gasteiger partial charge is 0.0991 e. The van der Waals surface area contributed by atoms with Crippen molar-refractivity contribution in [3.63, 3.8) is 0 Å². The second-order valence-corrected chi connectivity index (χ2v) is 4.84. The van der Waals surface area contributed by atoms with E-state index < -0.39 is 0 Å². The highest BCUT2D eigenvalue weighted by Gasteiger charge is 2.21. The quantitative estimate of drug-likeness (QED) is 0.828. The van der Waals surface area contributed by atoms with E-state index in [-0.39, 0.29) is 6.10 Å². The maximum atomic E-state index is 9.82. The Bertz CT molecular complexity index is 445. The third kappa shape index (κ3) is 3.41. The summed E-state index contributed by atoms with van der Waals surface area (Å²) in [6, 6.07) is 9.44. The standard InChI is InChI=1S/C15H18N2O/c16-9-12-5-7-13(8-6-12)10-17-11-14-3-1-2-4-15(14)18/h5-8,10,14-15,18H,1-4,11H2/t14-,15+/m1/s1. The lowest BCUT2D eigenvalue weighted by molar-refractivity contribution is 0.0746. The number of rotatable bonds is 3. The van der Waals surface area contributed by atoms with E-state index in [0.717, 1.165) is 24.8 Å². The van der Waals surface area contributed by atoms with Gasteiger partial charge in [-0.1, -0.05) is 25.0 Å². The van der Waals surface area contributed by atoms with Crippen LogP contribution in [0.3, 0.4) is 0 Å². The van der Waals surface area contributed by atoms with Crippen LogP contribution >= 0.6 is 0 Å². The minimum Gasteiger partial charge on any atom is -0.393 e. The first kappa shape index (κ1) is 12.8.